The van der Waals surface area contributed by atoms with E-state index in [0.29, 0.717) is 6.61 Å². The van der Waals surface area contributed by atoms with Crippen molar-refractivity contribution in [3.05, 3.63) is 65.2 Å². The van der Waals surface area contributed by atoms with Crippen molar-refractivity contribution in [3.63, 3.8) is 0 Å². The minimum Gasteiger partial charge on any atom is -0.380 e. The summed E-state index contributed by atoms with van der Waals surface area (Å²) < 4.78 is 18.2. The van der Waals surface area contributed by atoms with Crippen LogP contribution in [0.1, 0.15) is 36.2 Å². The molecule has 0 radical (unpaired) electrons. The first-order valence-electron chi connectivity index (χ1n) is 7.15. The lowest BCUT2D eigenvalue weighted by atomic mass is 10.1. The summed E-state index contributed by atoms with van der Waals surface area (Å²) in [6.07, 6.45) is 2.16. The van der Waals surface area contributed by atoms with E-state index in [-0.39, 0.29) is 11.9 Å². The highest BCUT2D eigenvalue weighted by Gasteiger charge is 2.11. The van der Waals surface area contributed by atoms with Gasteiger partial charge in [0.2, 0.25) is 0 Å². The maximum Gasteiger partial charge on any atom is 0.141 e. The Bertz CT molecular complexity index is 557. The Balaban J connectivity index is 2.05. The van der Waals surface area contributed by atoms with Gasteiger partial charge in [0, 0.05) is 19.7 Å². The molecule has 3 nitrogen and oxygen atoms in total. The molecule has 0 amide bonds. The van der Waals surface area contributed by atoms with Crippen molar-refractivity contribution in [3.8, 4) is 0 Å². The second-order valence-electron chi connectivity index (χ2n) is 4.94. The molecule has 0 aliphatic carbocycles. The third-order valence-corrected chi connectivity index (χ3v) is 3.47. The molecule has 2 aromatic rings. The Morgan fingerprint density at radius 2 is 1.95 bits per heavy atom. The number of aromatic nitrogens is 1. The molecule has 1 unspecified atom stereocenters. The molecule has 1 atom stereocenters. The van der Waals surface area contributed by atoms with Crippen LogP contribution in [-0.4, -0.2) is 12.1 Å². The third kappa shape index (κ3) is 4.34. The van der Waals surface area contributed by atoms with Gasteiger partial charge in [-0.05, 0) is 29.7 Å². The van der Waals surface area contributed by atoms with Crippen LogP contribution in [0.4, 0.5) is 4.39 Å². The molecule has 0 spiro atoms. The van der Waals surface area contributed by atoms with E-state index in [1.165, 1.54) is 23.4 Å². The maximum atomic E-state index is 12.9. The van der Waals surface area contributed by atoms with Gasteiger partial charge in [0.05, 0.1) is 18.5 Å². The molecule has 1 N–H and O–H groups in total. The molecule has 0 bridgehead atoms. The largest absolute Gasteiger partial charge is 0.380 e. The SMILES string of the molecule is CCC(NCc1ccccc1COC)c1ccc(F)cn1. The number of rotatable bonds is 7. The number of nitrogens with zero attached hydrogens (tertiary/aromatic N) is 1. The van der Waals surface area contributed by atoms with Crippen LogP contribution in [0.3, 0.4) is 0 Å². The van der Waals surface area contributed by atoms with Crippen LogP contribution < -0.4 is 5.32 Å². The molecule has 0 fully saturated rings. The van der Waals surface area contributed by atoms with Gasteiger partial charge in [-0.15, -0.1) is 0 Å². The van der Waals surface area contributed by atoms with Crippen LogP contribution in [0.5, 0.6) is 0 Å². The van der Waals surface area contributed by atoms with Gasteiger partial charge in [-0.1, -0.05) is 31.2 Å². The standard InChI is InChI=1S/C17H21FN2O/c1-3-16(17-9-8-15(18)11-20-17)19-10-13-6-4-5-7-14(13)12-21-2/h4-9,11,16,19H,3,10,12H2,1-2H3. The summed E-state index contributed by atoms with van der Waals surface area (Å²) in [5, 5.41) is 3.48. The van der Waals surface area contributed by atoms with Crippen molar-refractivity contribution >= 4 is 0 Å². The average Bonchev–Trinajstić information content (AvgIpc) is 2.51. The van der Waals surface area contributed by atoms with Crippen LogP contribution in [0, 0.1) is 5.82 Å². The van der Waals surface area contributed by atoms with Gasteiger partial charge in [-0.2, -0.15) is 0 Å². The van der Waals surface area contributed by atoms with Gasteiger partial charge >= 0.3 is 0 Å². The highest BCUT2D eigenvalue weighted by Crippen LogP contribution is 2.17. The van der Waals surface area contributed by atoms with Gasteiger partial charge in [0.25, 0.3) is 0 Å². The van der Waals surface area contributed by atoms with Crippen molar-refractivity contribution in [2.75, 3.05) is 7.11 Å². The molecule has 0 aliphatic rings. The van der Waals surface area contributed by atoms with Crippen molar-refractivity contribution < 1.29 is 9.13 Å². The Kier molecular flexibility index (Phi) is 5.84. The van der Waals surface area contributed by atoms with E-state index >= 15 is 0 Å². The number of hydrogen-bond donors (Lipinski definition) is 1. The first-order valence-corrected chi connectivity index (χ1v) is 7.15. The monoisotopic (exact) mass is 288 g/mol. The molecule has 0 saturated heterocycles. The van der Waals surface area contributed by atoms with E-state index < -0.39 is 0 Å². The zero-order valence-corrected chi connectivity index (χ0v) is 12.5. The molecule has 1 aromatic heterocycles. The predicted octanol–water partition coefficient (Wildman–Crippen LogP) is 3.61. The van der Waals surface area contributed by atoms with E-state index in [1.54, 1.807) is 13.2 Å². The molecule has 112 valence electrons. The van der Waals surface area contributed by atoms with Crippen LogP contribution in [0.15, 0.2) is 42.6 Å². The van der Waals surface area contributed by atoms with Gasteiger partial charge in [0.15, 0.2) is 0 Å². The fourth-order valence-corrected chi connectivity index (χ4v) is 2.31. The highest BCUT2D eigenvalue weighted by molar-refractivity contribution is 5.26. The normalized spacial score (nSPS) is 12.3. The quantitative estimate of drug-likeness (QED) is 0.845. The zero-order valence-electron chi connectivity index (χ0n) is 12.5. The lowest BCUT2D eigenvalue weighted by molar-refractivity contribution is 0.184. The van der Waals surface area contributed by atoms with Gasteiger partial charge < -0.3 is 10.1 Å². The third-order valence-electron chi connectivity index (χ3n) is 3.47. The molecular formula is C17H21FN2O. The van der Waals surface area contributed by atoms with E-state index in [4.69, 9.17) is 4.74 Å². The van der Waals surface area contributed by atoms with Crippen molar-refractivity contribution in [1.82, 2.24) is 10.3 Å². The van der Waals surface area contributed by atoms with Gasteiger partial charge in [-0.25, -0.2) is 4.39 Å². The second-order valence-corrected chi connectivity index (χ2v) is 4.94. The van der Waals surface area contributed by atoms with Crippen LogP contribution in [0.25, 0.3) is 0 Å². The lowest BCUT2D eigenvalue weighted by Crippen LogP contribution is -2.22. The Labute approximate surface area is 125 Å². The molecule has 4 heteroatoms. The summed E-state index contributed by atoms with van der Waals surface area (Å²) in [4.78, 5) is 4.16. The fourth-order valence-electron chi connectivity index (χ4n) is 2.31. The smallest absolute Gasteiger partial charge is 0.141 e. The van der Waals surface area contributed by atoms with Crippen LogP contribution in [0.2, 0.25) is 0 Å². The van der Waals surface area contributed by atoms with E-state index in [9.17, 15) is 4.39 Å². The molecule has 21 heavy (non-hydrogen) atoms. The molecule has 0 aliphatic heterocycles. The van der Waals surface area contributed by atoms with Crippen molar-refractivity contribution in [1.29, 1.82) is 0 Å². The number of ether oxygens (including phenoxy) is 1. The van der Waals surface area contributed by atoms with Crippen LogP contribution >= 0.6 is 0 Å². The summed E-state index contributed by atoms with van der Waals surface area (Å²) in [5.74, 6) is -0.306. The predicted molar refractivity (Wildman–Crippen MR) is 81.2 cm³/mol. The minimum atomic E-state index is -0.306. The first-order chi connectivity index (χ1) is 10.2. The number of methoxy groups -OCH3 is 1. The van der Waals surface area contributed by atoms with E-state index in [2.05, 4.69) is 29.4 Å². The average molecular weight is 288 g/mol. The zero-order chi connectivity index (χ0) is 15.1. The Morgan fingerprint density at radius 1 is 1.19 bits per heavy atom. The van der Waals surface area contributed by atoms with Crippen LogP contribution in [-0.2, 0) is 17.9 Å². The van der Waals surface area contributed by atoms with Gasteiger partial charge in [0.1, 0.15) is 5.82 Å². The maximum absolute atomic E-state index is 12.9. The molecule has 1 heterocycles. The fraction of sp³-hybridized carbons (Fsp3) is 0.353. The number of pyridine rings is 1. The molecule has 0 saturated carbocycles. The van der Waals surface area contributed by atoms with E-state index in [1.807, 2.05) is 12.1 Å². The summed E-state index contributed by atoms with van der Waals surface area (Å²) in [5.41, 5.74) is 3.25. The Hall–Kier alpha value is -1.78. The number of halogens is 1. The topological polar surface area (TPSA) is 34.1 Å². The molecular weight excluding hydrogens is 267 g/mol. The molecule has 2 rings (SSSR count). The van der Waals surface area contributed by atoms with Crippen molar-refractivity contribution in [2.45, 2.75) is 32.5 Å². The number of hydrogen-bond acceptors (Lipinski definition) is 3. The lowest BCUT2D eigenvalue weighted by Gasteiger charge is -2.18. The number of nitrogens with one attached hydrogen (secondary N) is 1. The first kappa shape index (κ1) is 15.6. The summed E-state index contributed by atoms with van der Waals surface area (Å²) >= 11 is 0. The summed E-state index contributed by atoms with van der Waals surface area (Å²) in [6, 6.07) is 11.5. The van der Waals surface area contributed by atoms with Crippen molar-refractivity contribution in [2.24, 2.45) is 0 Å². The van der Waals surface area contributed by atoms with E-state index in [0.717, 1.165) is 18.7 Å². The number of benzene rings is 1. The minimum absolute atomic E-state index is 0.112. The summed E-state index contributed by atoms with van der Waals surface area (Å²) in [7, 11) is 1.70. The highest BCUT2D eigenvalue weighted by atomic mass is 19.1. The van der Waals surface area contributed by atoms with Gasteiger partial charge in [-0.3, -0.25) is 4.98 Å². The summed E-state index contributed by atoms with van der Waals surface area (Å²) in [6.45, 7) is 3.42. The Morgan fingerprint density at radius 3 is 2.57 bits per heavy atom. The molecule has 1 aromatic carbocycles. The second kappa shape index (κ2) is 7.86.